The van der Waals surface area contributed by atoms with Crippen LogP contribution in [0.25, 0.3) is 0 Å². The molecule has 1 amide bonds. The number of nitrogens with zero attached hydrogens (tertiary/aromatic N) is 1. The summed E-state index contributed by atoms with van der Waals surface area (Å²) in [6.07, 6.45) is 7.74. The van der Waals surface area contributed by atoms with Crippen molar-refractivity contribution in [1.29, 1.82) is 0 Å². The van der Waals surface area contributed by atoms with E-state index in [0.29, 0.717) is 6.42 Å². The first-order chi connectivity index (χ1) is 17.9. The van der Waals surface area contributed by atoms with Gasteiger partial charge in [0.15, 0.2) is 5.78 Å². The smallest absolute Gasteiger partial charge is 0.241 e. The van der Waals surface area contributed by atoms with E-state index in [9.17, 15) is 9.59 Å². The Morgan fingerprint density at radius 2 is 1.68 bits per heavy atom. The predicted molar refractivity (Wildman–Crippen MR) is 154 cm³/mol. The van der Waals surface area contributed by atoms with Crippen LogP contribution in [0.5, 0.6) is 5.75 Å². The van der Waals surface area contributed by atoms with Crippen LogP contribution in [-0.2, 0) is 4.79 Å². The summed E-state index contributed by atoms with van der Waals surface area (Å²) in [5.41, 5.74) is 2.77. The van der Waals surface area contributed by atoms with E-state index in [4.69, 9.17) is 4.74 Å². The number of amides is 1. The second-order valence-corrected chi connectivity index (χ2v) is 9.78. The number of unbranched alkanes of at least 4 members (excludes halogenated alkanes) is 1. The van der Waals surface area contributed by atoms with Crippen molar-refractivity contribution in [3.05, 3.63) is 59.7 Å². The van der Waals surface area contributed by atoms with Crippen LogP contribution in [0, 0.1) is 6.92 Å². The predicted octanol–water partition coefficient (Wildman–Crippen LogP) is 6.25. The number of Topliss-reactive ketones (excluding diaryl/α,β-unsaturated/α-hetero) is 1. The number of carbonyl (C=O) groups is 2. The molecule has 6 heteroatoms. The van der Waals surface area contributed by atoms with E-state index in [1.165, 1.54) is 19.3 Å². The van der Waals surface area contributed by atoms with Crippen molar-refractivity contribution in [2.45, 2.75) is 78.7 Å². The SMILES string of the molecule is CCCCOc1ccc(C(=O)CCN2CCCCC2)cc1.CCCNC(C)C(=O)Nc1ccccc1C. The van der Waals surface area contributed by atoms with Crippen LogP contribution >= 0.6 is 0 Å². The number of hydrogen-bond acceptors (Lipinski definition) is 5. The molecule has 0 spiro atoms. The molecular formula is C31H47N3O3. The Balaban J connectivity index is 0.000000271. The molecule has 1 unspecified atom stereocenters. The zero-order chi connectivity index (χ0) is 26.9. The van der Waals surface area contributed by atoms with Gasteiger partial charge in [-0.05, 0) is 95.1 Å². The maximum atomic E-state index is 12.2. The first kappa shape index (κ1) is 30.5. The maximum Gasteiger partial charge on any atom is 0.241 e. The van der Waals surface area contributed by atoms with E-state index in [0.717, 1.165) is 74.6 Å². The third kappa shape index (κ3) is 11.9. The molecule has 2 aromatic carbocycles. The number of anilines is 1. The molecule has 0 aromatic heterocycles. The van der Waals surface area contributed by atoms with Gasteiger partial charge < -0.3 is 20.3 Å². The number of para-hydroxylation sites is 1. The average Bonchev–Trinajstić information content (AvgIpc) is 2.93. The van der Waals surface area contributed by atoms with Crippen LogP contribution < -0.4 is 15.4 Å². The number of hydrogen-bond donors (Lipinski definition) is 2. The normalized spacial score (nSPS) is 14.3. The standard InChI is InChI=1S/C18H27NO2.C13H20N2O/c1-2-3-15-21-17-9-7-16(8-10-17)18(20)11-14-19-12-5-4-6-13-19;1-4-9-14-11(3)13(16)15-12-8-6-5-7-10(12)2/h7-10H,2-6,11-15H2,1H3;5-8,11,14H,4,9H2,1-3H3,(H,15,16). The lowest BCUT2D eigenvalue weighted by Gasteiger charge is -2.25. The molecule has 1 heterocycles. The van der Waals surface area contributed by atoms with Gasteiger partial charge in [-0.15, -0.1) is 0 Å². The zero-order valence-corrected chi connectivity index (χ0v) is 23.4. The first-order valence-corrected chi connectivity index (χ1v) is 14.0. The maximum absolute atomic E-state index is 12.2. The number of piperidine rings is 1. The summed E-state index contributed by atoms with van der Waals surface area (Å²) in [6.45, 7) is 12.9. The van der Waals surface area contributed by atoms with Crippen LogP contribution in [0.1, 0.15) is 81.6 Å². The monoisotopic (exact) mass is 509 g/mol. The number of aryl methyl sites for hydroxylation is 1. The van der Waals surface area contributed by atoms with Gasteiger partial charge in [0.05, 0.1) is 12.6 Å². The fourth-order valence-electron chi connectivity index (χ4n) is 4.07. The van der Waals surface area contributed by atoms with Crippen molar-refractivity contribution in [3.63, 3.8) is 0 Å². The molecular weight excluding hydrogens is 462 g/mol. The van der Waals surface area contributed by atoms with Crippen LogP contribution in [0.4, 0.5) is 5.69 Å². The molecule has 1 aliphatic rings. The molecule has 3 rings (SSSR count). The molecule has 204 valence electrons. The van der Waals surface area contributed by atoms with Gasteiger partial charge in [0.2, 0.25) is 5.91 Å². The summed E-state index contributed by atoms with van der Waals surface area (Å²) in [5, 5.41) is 6.08. The summed E-state index contributed by atoms with van der Waals surface area (Å²) in [5.74, 6) is 1.11. The minimum absolute atomic E-state index is 0.0164. The van der Waals surface area contributed by atoms with Crippen LogP contribution in [0.3, 0.4) is 0 Å². The van der Waals surface area contributed by atoms with Gasteiger partial charge in [-0.1, -0.05) is 44.9 Å². The van der Waals surface area contributed by atoms with E-state index in [-0.39, 0.29) is 17.7 Å². The lowest BCUT2D eigenvalue weighted by atomic mass is 10.1. The van der Waals surface area contributed by atoms with Crippen molar-refractivity contribution in [3.8, 4) is 5.75 Å². The summed E-state index contributed by atoms with van der Waals surface area (Å²) < 4.78 is 5.62. The van der Waals surface area contributed by atoms with Gasteiger partial charge in [-0.2, -0.15) is 0 Å². The van der Waals surface area contributed by atoms with Crippen molar-refractivity contribution in [2.75, 3.05) is 38.1 Å². The molecule has 0 aliphatic carbocycles. The van der Waals surface area contributed by atoms with Crippen molar-refractivity contribution in [2.24, 2.45) is 0 Å². The number of ether oxygens (including phenoxy) is 1. The van der Waals surface area contributed by atoms with Gasteiger partial charge in [-0.3, -0.25) is 9.59 Å². The van der Waals surface area contributed by atoms with Gasteiger partial charge in [0.1, 0.15) is 5.75 Å². The van der Waals surface area contributed by atoms with E-state index in [1.54, 1.807) is 0 Å². The average molecular weight is 510 g/mol. The summed E-state index contributed by atoms with van der Waals surface area (Å²) >= 11 is 0. The second kappa shape index (κ2) is 17.7. The Kier molecular flexibility index (Phi) is 14.6. The quantitative estimate of drug-likeness (QED) is 0.247. The number of nitrogens with one attached hydrogen (secondary N) is 2. The third-order valence-electron chi connectivity index (χ3n) is 6.54. The zero-order valence-electron chi connectivity index (χ0n) is 23.4. The lowest BCUT2D eigenvalue weighted by Crippen LogP contribution is -2.38. The fourth-order valence-corrected chi connectivity index (χ4v) is 4.07. The Morgan fingerprint density at radius 3 is 2.32 bits per heavy atom. The van der Waals surface area contributed by atoms with Gasteiger partial charge in [-0.25, -0.2) is 0 Å². The van der Waals surface area contributed by atoms with Crippen molar-refractivity contribution >= 4 is 17.4 Å². The Hall–Kier alpha value is -2.70. The minimum Gasteiger partial charge on any atom is -0.494 e. The molecule has 1 aliphatic heterocycles. The Bertz CT molecular complexity index is 924. The molecule has 0 saturated carbocycles. The lowest BCUT2D eigenvalue weighted by molar-refractivity contribution is -0.117. The second-order valence-electron chi connectivity index (χ2n) is 9.78. The van der Waals surface area contributed by atoms with E-state index in [1.807, 2.05) is 62.4 Å². The van der Waals surface area contributed by atoms with Crippen LogP contribution in [0.2, 0.25) is 0 Å². The Labute approximate surface area is 224 Å². The van der Waals surface area contributed by atoms with E-state index < -0.39 is 0 Å². The van der Waals surface area contributed by atoms with E-state index >= 15 is 0 Å². The van der Waals surface area contributed by atoms with Crippen molar-refractivity contribution < 1.29 is 14.3 Å². The topological polar surface area (TPSA) is 70.7 Å². The first-order valence-electron chi connectivity index (χ1n) is 14.0. The molecule has 0 radical (unpaired) electrons. The molecule has 2 N–H and O–H groups in total. The number of ketones is 1. The number of carbonyl (C=O) groups excluding carboxylic acids is 2. The Morgan fingerprint density at radius 1 is 0.973 bits per heavy atom. The third-order valence-corrected chi connectivity index (χ3v) is 6.54. The number of rotatable bonds is 13. The van der Waals surface area contributed by atoms with Crippen molar-refractivity contribution in [1.82, 2.24) is 10.2 Å². The molecule has 0 bridgehead atoms. The molecule has 1 atom stereocenters. The summed E-state index contributed by atoms with van der Waals surface area (Å²) in [4.78, 5) is 26.4. The fraction of sp³-hybridized carbons (Fsp3) is 0.548. The molecule has 6 nitrogen and oxygen atoms in total. The number of likely N-dealkylation sites (tertiary alicyclic amines) is 1. The molecule has 1 fully saturated rings. The molecule has 37 heavy (non-hydrogen) atoms. The minimum atomic E-state index is -0.153. The highest BCUT2D eigenvalue weighted by atomic mass is 16.5. The highest BCUT2D eigenvalue weighted by Gasteiger charge is 2.13. The van der Waals surface area contributed by atoms with E-state index in [2.05, 4.69) is 29.4 Å². The summed E-state index contributed by atoms with van der Waals surface area (Å²) in [7, 11) is 0. The van der Waals surface area contributed by atoms with Crippen LogP contribution in [-0.4, -0.2) is 55.4 Å². The number of benzene rings is 2. The van der Waals surface area contributed by atoms with Gasteiger partial charge in [0, 0.05) is 24.2 Å². The van der Waals surface area contributed by atoms with Crippen LogP contribution in [0.15, 0.2) is 48.5 Å². The highest BCUT2D eigenvalue weighted by Crippen LogP contribution is 2.16. The summed E-state index contributed by atoms with van der Waals surface area (Å²) in [6, 6.07) is 15.2. The molecule has 1 saturated heterocycles. The van der Waals surface area contributed by atoms with Gasteiger partial charge >= 0.3 is 0 Å². The largest absolute Gasteiger partial charge is 0.494 e. The van der Waals surface area contributed by atoms with Gasteiger partial charge in [0.25, 0.3) is 0 Å². The highest BCUT2D eigenvalue weighted by molar-refractivity contribution is 5.96. The molecule has 2 aromatic rings.